The van der Waals surface area contributed by atoms with Crippen molar-refractivity contribution in [1.82, 2.24) is 9.80 Å². The molecule has 3 aromatic rings. The van der Waals surface area contributed by atoms with Gasteiger partial charge in [-0.25, -0.2) is 4.79 Å². The number of aryl methyl sites for hydroxylation is 1. The quantitative estimate of drug-likeness (QED) is 0.528. The minimum Gasteiger partial charge on any atom is -0.438 e. The highest BCUT2D eigenvalue weighted by Gasteiger charge is 2.47. The zero-order valence-corrected chi connectivity index (χ0v) is 20.2. The fourth-order valence-corrected chi connectivity index (χ4v) is 4.48. The molecule has 1 aromatic heterocycles. The van der Waals surface area contributed by atoms with E-state index in [0.29, 0.717) is 22.7 Å². The summed E-state index contributed by atoms with van der Waals surface area (Å²) in [5.41, 5.74) is 3.24. The van der Waals surface area contributed by atoms with E-state index in [2.05, 4.69) is 5.32 Å². The van der Waals surface area contributed by atoms with Gasteiger partial charge in [0.25, 0.3) is 5.91 Å². The average Bonchev–Trinajstić information content (AvgIpc) is 3.49. The van der Waals surface area contributed by atoms with Gasteiger partial charge in [0.15, 0.2) is 12.1 Å². The maximum Gasteiger partial charge on any atom is 0.411 e. The first kappa shape index (κ1) is 23.5. The van der Waals surface area contributed by atoms with E-state index in [-0.39, 0.29) is 18.4 Å². The standard InChI is InChI=1S/C26H27N3O4S/c1-4-28(3)25(31)22-23(33-26(32)29(22)16-18-12-10-17(2)11-13-18)19-7-5-8-20(15-19)27-24(30)21-9-6-14-34-21/h5-15,22-23H,4,16H2,1-3H3,(H,27,30). The zero-order chi connectivity index (χ0) is 24.2. The molecule has 0 bridgehead atoms. The Hall–Kier alpha value is -3.65. The van der Waals surface area contributed by atoms with Crippen molar-refractivity contribution in [2.24, 2.45) is 0 Å². The Morgan fingerprint density at radius 3 is 2.56 bits per heavy atom. The number of likely N-dealkylation sites (N-methyl/N-ethyl adjacent to an activating group) is 1. The summed E-state index contributed by atoms with van der Waals surface area (Å²) in [6.45, 7) is 4.65. The first-order valence-electron chi connectivity index (χ1n) is 11.1. The lowest BCUT2D eigenvalue weighted by molar-refractivity contribution is -0.135. The number of nitrogens with zero attached hydrogens (tertiary/aromatic N) is 2. The van der Waals surface area contributed by atoms with Gasteiger partial charge in [0.1, 0.15) is 0 Å². The van der Waals surface area contributed by atoms with Crippen LogP contribution in [0, 0.1) is 6.92 Å². The summed E-state index contributed by atoms with van der Waals surface area (Å²) in [6, 6.07) is 17.7. The number of amides is 3. The third-order valence-corrected chi connectivity index (χ3v) is 6.75. The molecule has 2 aromatic carbocycles. The van der Waals surface area contributed by atoms with Crippen LogP contribution >= 0.6 is 11.3 Å². The molecule has 2 unspecified atom stereocenters. The third-order valence-electron chi connectivity index (χ3n) is 5.88. The molecule has 2 heterocycles. The lowest BCUT2D eigenvalue weighted by Crippen LogP contribution is -2.46. The van der Waals surface area contributed by atoms with Crippen LogP contribution in [0.5, 0.6) is 0 Å². The van der Waals surface area contributed by atoms with E-state index < -0.39 is 18.2 Å². The molecule has 34 heavy (non-hydrogen) atoms. The normalized spacial score (nSPS) is 17.4. The number of cyclic esters (lactones) is 1. The molecule has 2 atom stereocenters. The van der Waals surface area contributed by atoms with Crippen molar-refractivity contribution in [3.05, 3.63) is 87.6 Å². The van der Waals surface area contributed by atoms with Crippen LogP contribution in [0.25, 0.3) is 0 Å². The van der Waals surface area contributed by atoms with Gasteiger partial charge in [0.05, 0.1) is 11.4 Å². The summed E-state index contributed by atoms with van der Waals surface area (Å²) >= 11 is 1.35. The number of rotatable bonds is 7. The summed E-state index contributed by atoms with van der Waals surface area (Å²) in [7, 11) is 1.71. The summed E-state index contributed by atoms with van der Waals surface area (Å²) in [4.78, 5) is 42.5. The van der Waals surface area contributed by atoms with Crippen LogP contribution in [0.1, 0.15) is 39.4 Å². The van der Waals surface area contributed by atoms with Gasteiger partial charge >= 0.3 is 6.09 Å². The van der Waals surface area contributed by atoms with Gasteiger partial charge < -0.3 is 15.0 Å². The number of ether oxygens (including phenoxy) is 1. The Morgan fingerprint density at radius 2 is 1.88 bits per heavy atom. The first-order valence-corrected chi connectivity index (χ1v) is 12.0. The molecule has 0 saturated carbocycles. The Kier molecular flexibility index (Phi) is 6.98. The number of carbonyl (C=O) groups excluding carboxylic acids is 3. The molecule has 0 aliphatic carbocycles. The summed E-state index contributed by atoms with van der Waals surface area (Å²) in [5.74, 6) is -0.409. The molecular formula is C26H27N3O4S. The molecule has 3 amide bonds. The largest absolute Gasteiger partial charge is 0.438 e. The topological polar surface area (TPSA) is 79.0 Å². The van der Waals surface area contributed by atoms with E-state index >= 15 is 0 Å². The van der Waals surface area contributed by atoms with Crippen molar-refractivity contribution >= 4 is 34.9 Å². The molecular weight excluding hydrogens is 450 g/mol. The maximum atomic E-state index is 13.4. The number of carbonyl (C=O) groups is 3. The Balaban J connectivity index is 1.63. The minimum absolute atomic E-state index is 0.196. The number of thiophene rings is 1. The molecule has 4 rings (SSSR count). The highest BCUT2D eigenvalue weighted by molar-refractivity contribution is 7.12. The second-order valence-corrected chi connectivity index (χ2v) is 9.22. The Morgan fingerprint density at radius 1 is 1.12 bits per heavy atom. The Bertz CT molecular complexity index is 1180. The lowest BCUT2D eigenvalue weighted by Gasteiger charge is -2.28. The molecule has 0 spiro atoms. The maximum absolute atomic E-state index is 13.4. The first-order chi connectivity index (χ1) is 16.4. The highest BCUT2D eigenvalue weighted by Crippen LogP contribution is 2.36. The van der Waals surface area contributed by atoms with Crippen LogP contribution in [-0.4, -0.2) is 47.3 Å². The molecule has 176 valence electrons. The molecule has 1 fully saturated rings. The summed E-state index contributed by atoms with van der Waals surface area (Å²) in [5, 5.41) is 4.72. The fourth-order valence-electron chi connectivity index (χ4n) is 3.86. The van der Waals surface area contributed by atoms with E-state index in [1.807, 2.05) is 49.6 Å². The van der Waals surface area contributed by atoms with Gasteiger partial charge in [-0.3, -0.25) is 14.5 Å². The van der Waals surface area contributed by atoms with E-state index in [1.54, 1.807) is 42.3 Å². The van der Waals surface area contributed by atoms with Crippen LogP contribution in [0.3, 0.4) is 0 Å². The van der Waals surface area contributed by atoms with E-state index in [1.165, 1.54) is 16.2 Å². The summed E-state index contributed by atoms with van der Waals surface area (Å²) in [6.07, 6.45) is -1.33. The van der Waals surface area contributed by atoms with Crippen molar-refractivity contribution in [2.45, 2.75) is 32.5 Å². The monoisotopic (exact) mass is 477 g/mol. The van der Waals surface area contributed by atoms with Crippen LogP contribution in [0.2, 0.25) is 0 Å². The van der Waals surface area contributed by atoms with Gasteiger partial charge in [-0.1, -0.05) is 48.0 Å². The second-order valence-electron chi connectivity index (χ2n) is 8.27. The number of nitrogens with one attached hydrogen (secondary N) is 1. The predicted octanol–water partition coefficient (Wildman–Crippen LogP) is 4.85. The number of benzene rings is 2. The lowest BCUT2D eigenvalue weighted by atomic mass is 9.99. The average molecular weight is 478 g/mol. The van der Waals surface area contributed by atoms with Gasteiger partial charge in [-0.2, -0.15) is 0 Å². The van der Waals surface area contributed by atoms with Gasteiger partial charge in [0, 0.05) is 19.3 Å². The van der Waals surface area contributed by atoms with Crippen LogP contribution in [0.4, 0.5) is 10.5 Å². The highest BCUT2D eigenvalue weighted by atomic mass is 32.1. The van der Waals surface area contributed by atoms with Crippen molar-refractivity contribution in [1.29, 1.82) is 0 Å². The van der Waals surface area contributed by atoms with Gasteiger partial charge in [0.2, 0.25) is 5.91 Å². The van der Waals surface area contributed by atoms with Crippen molar-refractivity contribution in [3.63, 3.8) is 0 Å². The minimum atomic E-state index is -0.818. The SMILES string of the molecule is CCN(C)C(=O)C1C(c2cccc(NC(=O)c3cccs3)c2)OC(=O)N1Cc1ccc(C)cc1. The van der Waals surface area contributed by atoms with Gasteiger partial charge in [-0.15, -0.1) is 11.3 Å². The van der Waals surface area contributed by atoms with E-state index in [4.69, 9.17) is 4.74 Å². The molecule has 8 heteroatoms. The number of hydrogen-bond donors (Lipinski definition) is 1. The smallest absolute Gasteiger partial charge is 0.411 e. The van der Waals surface area contributed by atoms with Crippen LogP contribution in [-0.2, 0) is 16.1 Å². The molecule has 1 saturated heterocycles. The van der Waals surface area contributed by atoms with E-state index in [0.717, 1.165) is 11.1 Å². The van der Waals surface area contributed by atoms with Crippen molar-refractivity contribution in [3.8, 4) is 0 Å². The number of anilines is 1. The van der Waals surface area contributed by atoms with Crippen LogP contribution in [0.15, 0.2) is 66.0 Å². The van der Waals surface area contributed by atoms with E-state index in [9.17, 15) is 14.4 Å². The molecule has 1 N–H and O–H groups in total. The molecule has 1 aliphatic rings. The number of hydrogen-bond acceptors (Lipinski definition) is 5. The molecule has 7 nitrogen and oxygen atoms in total. The van der Waals surface area contributed by atoms with Crippen LogP contribution < -0.4 is 5.32 Å². The Labute approximate surface area is 202 Å². The summed E-state index contributed by atoms with van der Waals surface area (Å²) < 4.78 is 5.75. The fraction of sp³-hybridized carbons (Fsp3) is 0.269. The van der Waals surface area contributed by atoms with Crippen molar-refractivity contribution < 1.29 is 19.1 Å². The third kappa shape index (κ3) is 4.97. The molecule has 1 aliphatic heterocycles. The predicted molar refractivity (Wildman–Crippen MR) is 132 cm³/mol. The molecule has 0 radical (unpaired) electrons. The zero-order valence-electron chi connectivity index (χ0n) is 19.4. The van der Waals surface area contributed by atoms with Crippen molar-refractivity contribution in [2.75, 3.05) is 18.9 Å². The second kappa shape index (κ2) is 10.1. The van der Waals surface area contributed by atoms with Gasteiger partial charge in [-0.05, 0) is 48.6 Å².